The Bertz CT molecular complexity index is 1290. The van der Waals surface area contributed by atoms with Crippen LogP contribution in [0.5, 0.6) is 5.75 Å². The van der Waals surface area contributed by atoms with Crippen LogP contribution in [0, 0.1) is 62.1 Å². The third-order valence-electron chi connectivity index (χ3n) is 5.00. The zero-order valence-corrected chi connectivity index (χ0v) is 16.9. The maximum Gasteiger partial charge on any atom is 0.339 e. The first-order chi connectivity index (χ1) is 16.0. The summed E-state index contributed by atoms with van der Waals surface area (Å²) in [5, 5.41) is 47.3. The molecule has 9 nitrogen and oxygen atoms in total. The predicted molar refractivity (Wildman–Crippen MR) is 109 cm³/mol. The molecule has 33 heavy (non-hydrogen) atoms. The van der Waals surface area contributed by atoms with E-state index < -0.39 is 29.7 Å². The van der Waals surface area contributed by atoms with E-state index in [1.165, 1.54) is 24.3 Å². The summed E-state index contributed by atoms with van der Waals surface area (Å²) in [5.74, 6) is -0.416. The fourth-order valence-corrected chi connectivity index (χ4v) is 3.12. The number of carbonyl (C=O) groups excluding carboxylic acids is 1. The average Bonchev–Trinajstić information content (AvgIpc) is 3.20. The molecular weight excluding hydrogens is 422 g/mol. The van der Waals surface area contributed by atoms with E-state index in [0.717, 1.165) is 6.26 Å². The first-order valence-corrected chi connectivity index (χ1v) is 9.40. The SMILES string of the molecule is N#CC1=COC(C#N)(COc2ccc(C(C#N)OC(=O)c3ccccc3)cc2)C1(C#N)C#N. The van der Waals surface area contributed by atoms with Gasteiger partial charge in [-0.15, -0.1) is 0 Å². The molecule has 2 atom stereocenters. The fourth-order valence-electron chi connectivity index (χ4n) is 3.12. The van der Waals surface area contributed by atoms with E-state index >= 15 is 0 Å². The highest BCUT2D eigenvalue weighted by molar-refractivity contribution is 5.89. The molecule has 158 valence electrons. The lowest BCUT2D eigenvalue weighted by Gasteiger charge is -2.29. The molecule has 2 aromatic rings. The molecule has 0 aliphatic carbocycles. The van der Waals surface area contributed by atoms with Crippen LogP contribution in [0.25, 0.3) is 0 Å². The van der Waals surface area contributed by atoms with Crippen LogP contribution in [0.2, 0.25) is 0 Å². The summed E-state index contributed by atoms with van der Waals surface area (Å²) in [6, 6.07) is 23.0. The van der Waals surface area contributed by atoms with Crippen molar-refractivity contribution in [1.82, 2.24) is 0 Å². The predicted octanol–water partition coefficient (Wildman–Crippen LogP) is 3.22. The van der Waals surface area contributed by atoms with Gasteiger partial charge in [0.15, 0.2) is 0 Å². The van der Waals surface area contributed by atoms with Gasteiger partial charge in [-0.05, 0) is 24.3 Å². The summed E-state index contributed by atoms with van der Waals surface area (Å²) < 4.78 is 16.1. The van der Waals surface area contributed by atoms with Crippen molar-refractivity contribution in [3.8, 4) is 36.1 Å². The van der Waals surface area contributed by atoms with Gasteiger partial charge >= 0.3 is 5.97 Å². The maximum atomic E-state index is 12.2. The molecule has 1 aliphatic rings. The number of benzene rings is 2. The van der Waals surface area contributed by atoms with Crippen molar-refractivity contribution in [2.75, 3.05) is 6.61 Å². The van der Waals surface area contributed by atoms with Crippen LogP contribution in [0.4, 0.5) is 0 Å². The molecule has 2 aromatic carbocycles. The van der Waals surface area contributed by atoms with Gasteiger partial charge in [0.05, 0.1) is 17.7 Å². The second-order valence-corrected chi connectivity index (χ2v) is 6.81. The van der Waals surface area contributed by atoms with Crippen molar-refractivity contribution in [3.63, 3.8) is 0 Å². The number of nitriles is 5. The summed E-state index contributed by atoms with van der Waals surface area (Å²) in [6.45, 7) is -0.518. The number of esters is 1. The quantitative estimate of drug-likeness (QED) is 0.619. The van der Waals surface area contributed by atoms with E-state index in [1.54, 1.807) is 54.6 Å². The molecule has 0 spiro atoms. The monoisotopic (exact) mass is 435 g/mol. The van der Waals surface area contributed by atoms with E-state index in [2.05, 4.69) is 0 Å². The number of rotatable bonds is 6. The molecule has 0 N–H and O–H groups in total. The van der Waals surface area contributed by atoms with Gasteiger partial charge < -0.3 is 14.2 Å². The Balaban J connectivity index is 1.73. The summed E-state index contributed by atoms with van der Waals surface area (Å²) in [4.78, 5) is 12.2. The van der Waals surface area contributed by atoms with E-state index in [1.807, 2.05) is 6.07 Å². The van der Waals surface area contributed by atoms with Crippen molar-refractivity contribution in [2.45, 2.75) is 11.7 Å². The molecular formula is C24H13N5O4. The second kappa shape index (κ2) is 9.23. The normalized spacial score (nSPS) is 18.5. The highest BCUT2D eigenvalue weighted by Crippen LogP contribution is 2.45. The molecule has 2 unspecified atom stereocenters. The Morgan fingerprint density at radius 2 is 1.61 bits per heavy atom. The number of hydrogen-bond acceptors (Lipinski definition) is 9. The van der Waals surface area contributed by atoms with Gasteiger partial charge in [-0.25, -0.2) is 4.79 Å². The Morgan fingerprint density at radius 3 is 2.15 bits per heavy atom. The smallest absolute Gasteiger partial charge is 0.339 e. The Labute approximate surface area is 189 Å². The molecule has 9 heteroatoms. The van der Waals surface area contributed by atoms with E-state index in [0.29, 0.717) is 11.1 Å². The van der Waals surface area contributed by atoms with Crippen LogP contribution >= 0.6 is 0 Å². The lowest BCUT2D eigenvalue weighted by atomic mass is 9.71. The molecule has 0 aromatic heterocycles. The first-order valence-electron chi connectivity index (χ1n) is 9.40. The third kappa shape index (κ3) is 3.89. The summed E-state index contributed by atoms with van der Waals surface area (Å²) in [5.41, 5.74) is -3.78. The van der Waals surface area contributed by atoms with Crippen molar-refractivity contribution in [2.24, 2.45) is 5.41 Å². The van der Waals surface area contributed by atoms with Gasteiger partial charge in [0.25, 0.3) is 5.60 Å². The topological polar surface area (TPSA) is 164 Å². The number of hydrogen-bond donors (Lipinski definition) is 0. The van der Waals surface area contributed by atoms with E-state index in [-0.39, 0.29) is 11.3 Å². The summed E-state index contributed by atoms with van der Waals surface area (Å²) in [7, 11) is 0. The lowest BCUT2D eigenvalue weighted by molar-refractivity contribution is 0.0104. The minimum absolute atomic E-state index is 0.234. The minimum Gasteiger partial charge on any atom is -0.488 e. The molecule has 0 fully saturated rings. The summed E-state index contributed by atoms with van der Waals surface area (Å²) >= 11 is 0. The molecule has 1 aliphatic heterocycles. The average molecular weight is 435 g/mol. The Hall–Kier alpha value is -5.30. The van der Waals surface area contributed by atoms with E-state index in [9.17, 15) is 31.1 Å². The van der Waals surface area contributed by atoms with Gasteiger partial charge in [-0.1, -0.05) is 30.3 Å². The highest BCUT2D eigenvalue weighted by Gasteiger charge is 2.63. The van der Waals surface area contributed by atoms with Crippen molar-refractivity contribution in [1.29, 1.82) is 26.3 Å². The Morgan fingerprint density at radius 1 is 0.939 bits per heavy atom. The van der Waals surface area contributed by atoms with Crippen molar-refractivity contribution in [3.05, 3.63) is 77.6 Å². The van der Waals surface area contributed by atoms with Gasteiger partial charge in [0.2, 0.25) is 11.5 Å². The zero-order valence-electron chi connectivity index (χ0n) is 16.9. The Kier molecular flexibility index (Phi) is 6.26. The van der Waals surface area contributed by atoms with Crippen molar-refractivity contribution < 1.29 is 19.0 Å². The molecule has 0 amide bonds. The van der Waals surface area contributed by atoms with Gasteiger partial charge in [0, 0.05) is 5.56 Å². The summed E-state index contributed by atoms with van der Waals surface area (Å²) in [6.07, 6.45) is -0.247. The molecule has 0 saturated heterocycles. The van der Waals surface area contributed by atoms with Gasteiger partial charge in [-0.3, -0.25) is 0 Å². The van der Waals surface area contributed by atoms with Crippen LogP contribution in [0.1, 0.15) is 22.0 Å². The molecule has 3 rings (SSSR count). The van der Waals surface area contributed by atoms with Crippen LogP contribution in [-0.2, 0) is 9.47 Å². The van der Waals surface area contributed by atoms with Crippen LogP contribution < -0.4 is 4.74 Å². The molecule has 0 saturated carbocycles. The lowest BCUT2D eigenvalue weighted by Crippen LogP contribution is -2.49. The number of nitrogens with zero attached hydrogens (tertiary/aromatic N) is 5. The maximum absolute atomic E-state index is 12.2. The minimum atomic E-state index is -2.14. The third-order valence-corrected chi connectivity index (χ3v) is 5.00. The fraction of sp³-hybridized carbons (Fsp3) is 0.167. The molecule has 0 bridgehead atoms. The van der Waals surface area contributed by atoms with Crippen LogP contribution in [0.15, 0.2) is 66.4 Å². The largest absolute Gasteiger partial charge is 0.488 e. The second-order valence-electron chi connectivity index (χ2n) is 6.81. The van der Waals surface area contributed by atoms with Gasteiger partial charge in [-0.2, -0.15) is 26.3 Å². The van der Waals surface area contributed by atoms with E-state index in [4.69, 9.17) is 14.2 Å². The van der Waals surface area contributed by atoms with Gasteiger partial charge in [0.1, 0.15) is 42.4 Å². The van der Waals surface area contributed by atoms with Crippen LogP contribution in [-0.4, -0.2) is 18.2 Å². The number of ether oxygens (including phenoxy) is 3. The first kappa shape index (κ1) is 22.4. The standard InChI is InChI=1S/C24H13N5O4/c25-10-19-12-32-24(15-29,23(19,13-27)14-28)16-31-20-8-6-17(7-9-20)21(11-26)33-22(30)18-4-2-1-3-5-18/h1-9,12,21H,16H2. The highest BCUT2D eigenvalue weighted by atomic mass is 16.5. The molecule has 0 radical (unpaired) electrons. The molecule has 1 heterocycles. The number of carbonyl (C=O) groups is 1. The van der Waals surface area contributed by atoms with Crippen molar-refractivity contribution >= 4 is 5.97 Å². The van der Waals surface area contributed by atoms with Crippen LogP contribution in [0.3, 0.4) is 0 Å². The zero-order chi connectivity index (χ0) is 23.9.